The highest BCUT2D eigenvalue weighted by Gasteiger charge is 2.18. The number of anilines is 1. The normalized spacial score (nSPS) is 25.7. The minimum Gasteiger partial charge on any atom is -0.369 e. The highest BCUT2D eigenvalue weighted by molar-refractivity contribution is 5.49. The van der Waals surface area contributed by atoms with Crippen LogP contribution >= 0.6 is 0 Å². The van der Waals surface area contributed by atoms with Gasteiger partial charge in [-0.3, -0.25) is 0 Å². The lowest BCUT2D eigenvalue weighted by atomic mass is 10.1. The summed E-state index contributed by atoms with van der Waals surface area (Å²) in [6, 6.07) is 6.03. The van der Waals surface area contributed by atoms with Crippen LogP contribution in [0.25, 0.3) is 0 Å². The van der Waals surface area contributed by atoms with E-state index in [9.17, 15) is 4.39 Å². The zero-order valence-corrected chi connectivity index (χ0v) is 11.5. The lowest BCUT2D eigenvalue weighted by Crippen LogP contribution is -2.42. The molecule has 1 saturated heterocycles. The average Bonchev–Trinajstić information content (AvgIpc) is 2.30. The molecule has 100 valence electrons. The first-order valence-corrected chi connectivity index (χ1v) is 6.80. The molecule has 0 saturated carbocycles. The van der Waals surface area contributed by atoms with Crippen molar-refractivity contribution in [1.82, 2.24) is 5.32 Å². The van der Waals surface area contributed by atoms with Crippen LogP contribution in [0.15, 0.2) is 18.2 Å². The standard InChI is InChI=1S/C15H23FN2/c1-11-4-5-15(14(16)8-11)18-7-6-13(3)17-9-12(2)10-18/h4-5,8,12-13,17H,6-7,9-10H2,1-3H3. The van der Waals surface area contributed by atoms with E-state index in [4.69, 9.17) is 0 Å². The minimum absolute atomic E-state index is 0.0941. The van der Waals surface area contributed by atoms with Gasteiger partial charge in [0.15, 0.2) is 0 Å². The first-order chi connectivity index (χ1) is 8.56. The van der Waals surface area contributed by atoms with Gasteiger partial charge in [-0.15, -0.1) is 0 Å². The molecule has 1 N–H and O–H groups in total. The molecule has 0 amide bonds. The summed E-state index contributed by atoms with van der Waals surface area (Å²) in [5.41, 5.74) is 1.73. The maximum atomic E-state index is 14.0. The smallest absolute Gasteiger partial charge is 0.146 e. The van der Waals surface area contributed by atoms with Crippen LogP contribution in [0.5, 0.6) is 0 Å². The van der Waals surface area contributed by atoms with Crippen molar-refractivity contribution < 1.29 is 4.39 Å². The number of hydrogen-bond acceptors (Lipinski definition) is 2. The Bertz CT molecular complexity index is 405. The maximum Gasteiger partial charge on any atom is 0.146 e. The van der Waals surface area contributed by atoms with Crippen LogP contribution in [-0.2, 0) is 0 Å². The lowest BCUT2D eigenvalue weighted by molar-refractivity contribution is 0.408. The molecule has 1 aliphatic rings. The molecule has 2 rings (SSSR count). The Morgan fingerprint density at radius 2 is 2.11 bits per heavy atom. The maximum absolute atomic E-state index is 14.0. The van der Waals surface area contributed by atoms with Crippen LogP contribution in [0, 0.1) is 18.7 Å². The van der Waals surface area contributed by atoms with Crippen LogP contribution in [0.2, 0.25) is 0 Å². The van der Waals surface area contributed by atoms with Gasteiger partial charge in [0.05, 0.1) is 5.69 Å². The first-order valence-electron chi connectivity index (χ1n) is 6.80. The van der Waals surface area contributed by atoms with Gasteiger partial charge in [0.25, 0.3) is 0 Å². The Balaban J connectivity index is 2.18. The van der Waals surface area contributed by atoms with Crippen molar-refractivity contribution in [2.45, 2.75) is 33.2 Å². The number of rotatable bonds is 1. The first kappa shape index (κ1) is 13.3. The van der Waals surface area contributed by atoms with Crippen LogP contribution in [0.3, 0.4) is 0 Å². The molecule has 1 aromatic carbocycles. The largest absolute Gasteiger partial charge is 0.369 e. The van der Waals surface area contributed by atoms with Crippen LogP contribution < -0.4 is 10.2 Å². The number of benzene rings is 1. The predicted molar refractivity (Wildman–Crippen MR) is 74.6 cm³/mol. The molecule has 1 aliphatic heterocycles. The van der Waals surface area contributed by atoms with Crippen LogP contribution in [0.1, 0.15) is 25.8 Å². The van der Waals surface area contributed by atoms with Crippen molar-refractivity contribution in [3.8, 4) is 0 Å². The van der Waals surface area contributed by atoms with E-state index >= 15 is 0 Å². The molecule has 1 heterocycles. The summed E-state index contributed by atoms with van der Waals surface area (Å²) in [5, 5.41) is 3.51. The molecule has 0 aliphatic carbocycles. The fraction of sp³-hybridized carbons (Fsp3) is 0.600. The van der Waals surface area contributed by atoms with Gasteiger partial charge in [-0.2, -0.15) is 0 Å². The molecular formula is C15H23FN2. The molecule has 18 heavy (non-hydrogen) atoms. The monoisotopic (exact) mass is 250 g/mol. The molecule has 0 bridgehead atoms. The summed E-state index contributed by atoms with van der Waals surface area (Å²) in [7, 11) is 0. The molecule has 1 fully saturated rings. The third-order valence-electron chi connectivity index (χ3n) is 3.62. The topological polar surface area (TPSA) is 15.3 Å². The molecule has 0 spiro atoms. The van der Waals surface area contributed by atoms with E-state index < -0.39 is 0 Å². The van der Waals surface area contributed by atoms with Crippen molar-refractivity contribution in [3.05, 3.63) is 29.6 Å². The summed E-state index contributed by atoms with van der Waals surface area (Å²) < 4.78 is 14.0. The third kappa shape index (κ3) is 3.22. The van der Waals surface area contributed by atoms with E-state index in [1.54, 1.807) is 6.07 Å². The van der Waals surface area contributed by atoms with Crippen molar-refractivity contribution in [2.24, 2.45) is 5.92 Å². The molecule has 0 aromatic heterocycles. The highest BCUT2D eigenvalue weighted by Crippen LogP contribution is 2.22. The van der Waals surface area contributed by atoms with E-state index in [0.29, 0.717) is 12.0 Å². The zero-order chi connectivity index (χ0) is 13.1. The lowest BCUT2D eigenvalue weighted by Gasteiger charge is -2.33. The Hall–Kier alpha value is -1.09. The highest BCUT2D eigenvalue weighted by atomic mass is 19.1. The van der Waals surface area contributed by atoms with Gasteiger partial charge in [-0.25, -0.2) is 4.39 Å². The van der Waals surface area contributed by atoms with Gasteiger partial charge in [0.2, 0.25) is 0 Å². The second kappa shape index (κ2) is 5.70. The molecule has 2 atom stereocenters. The SMILES string of the molecule is Cc1ccc(N2CCC(C)NCC(C)C2)c(F)c1. The summed E-state index contributed by atoms with van der Waals surface area (Å²) in [4.78, 5) is 2.19. The number of nitrogens with zero attached hydrogens (tertiary/aromatic N) is 1. The zero-order valence-electron chi connectivity index (χ0n) is 11.5. The van der Waals surface area contributed by atoms with E-state index in [-0.39, 0.29) is 5.82 Å². The van der Waals surface area contributed by atoms with Crippen LogP contribution in [-0.4, -0.2) is 25.7 Å². The Labute approximate surface area is 109 Å². The van der Waals surface area contributed by atoms with Gasteiger partial charge in [-0.05, 0) is 50.4 Å². The number of halogens is 1. The molecule has 1 aromatic rings. The Kier molecular flexibility index (Phi) is 4.23. The molecule has 0 radical (unpaired) electrons. The van der Waals surface area contributed by atoms with E-state index in [2.05, 4.69) is 24.1 Å². The fourth-order valence-electron chi connectivity index (χ4n) is 2.47. The van der Waals surface area contributed by atoms with E-state index in [1.807, 2.05) is 19.1 Å². The average molecular weight is 250 g/mol. The minimum atomic E-state index is -0.0941. The Morgan fingerprint density at radius 3 is 2.83 bits per heavy atom. The van der Waals surface area contributed by atoms with Gasteiger partial charge in [-0.1, -0.05) is 13.0 Å². The van der Waals surface area contributed by atoms with Crippen molar-refractivity contribution in [2.75, 3.05) is 24.5 Å². The quantitative estimate of drug-likeness (QED) is 0.824. The van der Waals surface area contributed by atoms with Gasteiger partial charge in [0.1, 0.15) is 5.82 Å². The Morgan fingerprint density at radius 1 is 1.33 bits per heavy atom. The summed E-state index contributed by atoms with van der Waals surface area (Å²) in [5.74, 6) is 0.442. The van der Waals surface area contributed by atoms with Crippen molar-refractivity contribution in [1.29, 1.82) is 0 Å². The van der Waals surface area contributed by atoms with Crippen molar-refractivity contribution >= 4 is 5.69 Å². The third-order valence-corrected chi connectivity index (χ3v) is 3.62. The van der Waals surface area contributed by atoms with Gasteiger partial charge >= 0.3 is 0 Å². The molecule has 3 heteroatoms. The number of nitrogens with one attached hydrogen (secondary N) is 1. The molecular weight excluding hydrogens is 227 g/mol. The van der Waals surface area contributed by atoms with Crippen molar-refractivity contribution in [3.63, 3.8) is 0 Å². The van der Waals surface area contributed by atoms with Crippen LogP contribution in [0.4, 0.5) is 10.1 Å². The van der Waals surface area contributed by atoms with Gasteiger partial charge < -0.3 is 10.2 Å². The molecule has 2 unspecified atom stereocenters. The van der Waals surface area contributed by atoms with E-state index in [1.165, 1.54) is 0 Å². The second-order valence-electron chi connectivity index (χ2n) is 5.60. The summed E-state index contributed by atoms with van der Waals surface area (Å²) in [6.45, 7) is 9.17. The summed E-state index contributed by atoms with van der Waals surface area (Å²) >= 11 is 0. The fourth-order valence-corrected chi connectivity index (χ4v) is 2.47. The predicted octanol–water partition coefficient (Wildman–Crippen LogP) is 2.96. The van der Waals surface area contributed by atoms with Gasteiger partial charge in [0, 0.05) is 19.1 Å². The number of aryl methyl sites for hydroxylation is 1. The van der Waals surface area contributed by atoms with E-state index in [0.717, 1.165) is 37.3 Å². The second-order valence-corrected chi connectivity index (χ2v) is 5.60. The summed E-state index contributed by atoms with van der Waals surface area (Å²) in [6.07, 6.45) is 1.06. The number of hydrogen-bond donors (Lipinski definition) is 1. The molecule has 2 nitrogen and oxygen atoms in total.